The Morgan fingerprint density at radius 2 is 2.00 bits per heavy atom. The number of ether oxygens (including phenoxy) is 1. The normalized spacial score (nSPS) is 18.7. The third kappa shape index (κ3) is 4.95. The first kappa shape index (κ1) is 25.7. The van der Waals surface area contributed by atoms with E-state index < -0.39 is 23.3 Å². The lowest BCUT2D eigenvalue weighted by Crippen LogP contribution is -2.52. The van der Waals surface area contributed by atoms with Crippen molar-refractivity contribution in [2.75, 3.05) is 13.1 Å². The fraction of sp³-hybridized carbons (Fsp3) is 0.370. The third-order valence-electron chi connectivity index (χ3n) is 6.83. The molecular formula is C27H28ClFN2O5. The molecule has 1 fully saturated rings. The number of nitrogens with zero attached hydrogens (tertiary/aromatic N) is 1. The van der Waals surface area contributed by atoms with E-state index in [0.29, 0.717) is 53.5 Å². The maximum absolute atomic E-state index is 13.5. The molecule has 0 spiro atoms. The van der Waals surface area contributed by atoms with E-state index in [0.717, 1.165) is 6.42 Å². The summed E-state index contributed by atoms with van der Waals surface area (Å²) in [5.41, 5.74) is -0.0928. The Kier molecular flexibility index (Phi) is 7.36. The molecule has 0 unspecified atom stereocenters. The van der Waals surface area contributed by atoms with Gasteiger partial charge in [0.25, 0.3) is 11.5 Å². The van der Waals surface area contributed by atoms with Gasteiger partial charge in [-0.05, 0) is 68.0 Å². The van der Waals surface area contributed by atoms with Gasteiger partial charge in [0, 0.05) is 30.4 Å². The minimum Gasteiger partial charge on any atom is -0.481 e. The smallest absolute Gasteiger partial charge is 0.311 e. The summed E-state index contributed by atoms with van der Waals surface area (Å²) in [7, 11) is 0. The molecule has 1 amide bonds. The minimum atomic E-state index is -0.934. The maximum atomic E-state index is 13.5. The molecule has 4 rings (SSSR count). The number of halogens is 2. The van der Waals surface area contributed by atoms with Gasteiger partial charge in [0.2, 0.25) is 0 Å². The number of carbonyl (C=O) groups excluding carboxylic acids is 1. The number of hydrogen-bond donors (Lipinski definition) is 2. The largest absolute Gasteiger partial charge is 0.481 e. The highest BCUT2D eigenvalue weighted by molar-refractivity contribution is 6.33. The van der Waals surface area contributed by atoms with E-state index in [1.165, 1.54) is 18.3 Å². The molecule has 0 saturated carbocycles. The molecule has 190 valence electrons. The number of fused-ring (bicyclic) bond motifs is 1. The van der Waals surface area contributed by atoms with Crippen molar-refractivity contribution >= 4 is 34.2 Å². The molecule has 1 aromatic heterocycles. The summed E-state index contributed by atoms with van der Waals surface area (Å²) < 4.78 is 19.4. The van der Waals surface area contributed by atoms with E-state index in [1.54, 1.807) is 36.1 Å². The summed E-state index contributed by atoms with van der Waals surface area (Å²) in [5.74, 6) is -1.30. The predicted octanol–water partition coefficient (Wildman–Crippen LogP) is 5.25. The molecule has 0 aliphatic carbocycles. The van der Waals surface area contributed by atoms with Gasteiger partial charge >= 0.3 is 5.97 Å². The fourth-order valence-electron chi connectivity index (χ4n) is 5.04. The Labute approximate surface area is 212 Å². The number of piperidine rings is 1. The highest BCUT2D eigenvalue weighted by atomic mass is 35.5. The van der Waals surface area contributed by atoms with Crippen molar-refractivity contribution in [3.8, 4) is 16.9 Å². The first-order valence-corrected chi connectivity index (χ1v) is 12.3. The van der Waals surface area contributed by atoms with Crippen LogP contribution in [0.25, 0.3) is 21.9 Å². The Balaban J connectivity index is 1.58. The van der Waals surface area contributed by atoms with Crippen LogP contribution in [0.5, 0.6) is 5.75 Å². The highest BCUT2D eigenvalue weighted by Crippen LogP contribution is 2.36. The second-order valence-corrected chi connectivity index (χ2v) is 9.73. The summed E-state index contributed by atoms with van der Waals surface area (Å²) in [4.78, 5) is 42.0. The molecule has 2 aromatic carbocycles. The number of likely N-dealkylation sites (tertiary alicyclic amines) is 1. The summed E-state index contributed by atoms with van der Waals surface area (Å²) in [5, 5.41) is 11.0. The van der Waals surface area contributed by atoms with Crippen LogP contribution < -0.4 is 10.3 Å². The zero-order chi connectivity index (χ0) is 26.0. The molecule has 2 N–H and O–H groups in total. The number of aromatic nitrogens is 1. The molecule has 2 atom stereocenters. The predicted molar refractivity (Wildman–Crippen MR) is 136 cm³/mol. The molecule has 0 radical (unpaired) electrons. The zero-order valence-corrected chi connectivity index (χ0v) is 20.9. The number of nitrogens with one attached hydrogen (secondary N) is 1. The van der Waals surface area contributed by atoms with Gasteiger partial charge in [0.1, 0.15) is 11.6 Å². The van der Waals surface area contributed by atoms with E-state index in [9.17, 15) is 23.9 Å². The van der Waals surface area contributed by atoms with Crippen molar-refractivity contribution in [3.63, 3.8) is 0 Å². The molecule has 1 saturated heterocycles. The second-order valence-electron chi connectivity index (χ2n) is 9.32. The van der Waals surface area contributed by atoms with Gasteiger partial charge in [-0.2, -0.15) is 0 Å². The van der Waals surface area contributed by atoms with Crippen LogP contribution in [0.1, 0.15) is 39.5 Å². The molecule has 0 bridgehead atoms. The topological polar surface area (TPSA) is 99.7 Å². The van der Waals surface area contributed by atoms with Gasteiger partial charge in [-0.25, -0.2) is 4.39 Å². The summed E-state index contributed by atoms with van der Waals surface area (Å²) >= 11 is 6.24. The van der Waals surface area contributed by atoms with Crippen molar-refractivity contribution in [3.05, 3.63) is 63.8 Å². The lowest BCUT2D eigenvalue weighted by Gasteiger charge is -2.40. The van der Waals surface area contributed by atoms with Gasteiger partial charge in [0.05, 0.1) is 15.8 Å². The van der Waals surface area contributed by atoms with Crippen LogP contribution in [0.3, 0.4) is 0 Å². The van der Waals surface area contributed by atoms with Crippen molar-refractivity contribution in [2.45, 2.75) is 45.6 Å². The molecular weight excluding hydrogens is 487 g/mol. The van der Waals surface area contributed by atoms with Crippen LogP contribution in [0.15, 0.2) is 47.4 Å². The van der Waals surface area contributed by atoms with Gasteiger partial charge in [-0.15, -0.1) is 0 Å². The van der Waals surface area contributed by atoms with E-state index in [-0.39, 0.29) is 23.0 Å². The van der Waals surface area contributed by atoms with Gasteiger partial charge in [-0.1, -0.05) is 24.9 Å². The minimum absolute atomic E-state index is 0.155. The number of aliphatic carboxylic acids is 1. The van der Waals surface area contributed by atoms with Crippen molar-refractivity contribution in [1.82, 2.24) is 9.88 Å². The van der Waals surface area contributed by atoms with Crippen molar-refractivity contribution < 1.29 is 23.8 Å². The lowest BCUT2D eigenvalue weighted by atomic mass is 9.76. The van der Waals surface area contributed by atoms with E-state index in [4.69, 9.17) is 16.3 Å². The van der Waals surface area contributed by atoms with Gasteiger partial charge < -0.3 is 19.7 Å². The number of benzene rings is 2. The van der Waals surface area contributed by atoms with Crippen LogP contribution in [-0.2, 0) is 9.59 Å². The fourth-order valence-corrected chi connectivity index (χ4v) is 5.31. The quantitative estimate of drug-likeness (QED) is 0.448. The van der Waals surface area contributed by atoms with E-state index in [2.05, 4.69) is 4.98 Å². The molecule has 9 heteroatoms. The van der Waals surface area contributed by atoms with Crippen LogP contribution in [0.4, 0.5) is 4.39 Å². The highest BCUT2D eigenvalue weighted by Gasteiger charge is 2.43. The number of carboxylic acid groups (broad SMARTS) is 1. The zero-order valence-electron chi connectivity index (χ0n) is 20.1. The van der Waals surface area contributed by atoms with Gasteiger partial charge in [-0.3, -0.25) is 14.4 Å². The average molecular weight is 515 g/mol. The van der Waals surface area contributed by atoms with E-state index in [1.807, 2.05) is 6.92 Å². The van der Waals surface area contributed by atoms with Crippen molar-refractivity contribution in [2.24, 2.45) is 5.41 Å². The number of carbonyl (C=O) groups is 2. The average Bonchev–Trinajstić information content (AvgIpc) is 2.85. The van der Waals surface area contributed by atoms with Crippen LogP contribution in [-0.4, -0.2) is 46.1 Å². The maximum Gasteiger partial charge on any atom is 0.311 e. The molecule has 2 heterocycles. The molecule has 1 aliphatic heterocycles. The Morgan fingerprint density at radius 3 is 2.69 bits per heavy atom. The number of hydrogen-bond acceptors (Lipinski definition) is 4. The van der Waals surface area contributed by atoms with Crippen LogP contribution >= 0.6 is 11.6 Å². The van der Waals surface area contributed by atoms with Crippen LogP contribution in [0, 0.1) is 11.2 Å². The Bertz CT molecular complexity index is 1370. The number of aromatic amines is 1. The SMILES string of the molecule is CCC[C@@]1(C(=O)O)CCCN(C(=O)[C@@H](C)Oc2ccc3c(-c4ccc(F)cc4Cl)c[nH]c(=O)c3c2)C1. The first-order valence-electron chi connectivity index (χ1n) is 11.9. The summed E-state index contributed by atoms with van der Waals surface area (Å²) in [6, 6.07) is 8.95. The summed E-state index contributed by atoms with van der Waals surface area (Å²) in [6.07, 6.45) is 3.04. The van der Waals surface area contributed by atoms with E-state index >= 15 is 0 Å². The molecule has 1 aliphatic rings. The Morgan fingerprint density at radius 1 is 1.22 bits per heavy atom. The first-order chi connectivity index (χ1) is 17.1. The molecule has 3 aromatic rings. The number of rotatable bonds is 7. The number of amides is 1. The lowest BCUT2D eigenvalue weighted by molar-refractivity contribution is -0.157. The Hall–Kier alpha value is -3.39. The van der Waals surface area contributed by atoms with Gasteiger partial charge in [0.15, 0.2) is 6.10 Å². The second kappa shape index (κ2) is 10.3. The standard InChI is InChI=1S/C27H28ClFN2O5/c1-3-9-27(26(34)35)10-4-11-31(15-27)25(33)16(2)36-18-6-8-19-21(13-18)24(32)30-14-22(19)20-7-5-17(29)12-23(20)28/h5-8,12-14,16H,3-4,9-11,15H2,1-2H3,(H,30,32)(H,34,35)/t16-,27-/m1/s1. The van der Waals surface area contributed by atoms with Crippen LogP contribution in [0.2, 0.25) is 5.02 Å². The molecule has 7 nitrogen and oxygen atoms in total. The monoisotopic (exact) mass is 514 g/mol. The number of carboxylic acids is 1. The molecule has 36 heavy (non-hydrogen) atoms. The number of pyridine rings is 1. The summed E-state index contributed by atoms with van der Waals surface area (Å²) in [6.45, 7) is 4.18. The third-order valence-corrected chi connectivity index (χ3v) is 7.14. The number of H-pyrrole nitrogens is 1. The van der Waals surface area contributed by atoms with Crippen molar-refractivity contribution in [1.29, 1.82) is 0 Å².